The van der Waals surface area contributed by atoms with Gasteiger partial charge < -0.3 is 10.6 Å². The molecule has 23 heavy (non-hydrogen) atoms. The number of piperidine rings is 1. The highest BCUT2D eigenvalue weighted by atomic mass is 15.2. The fourth-order valence-corrected chi connectivity index (χ4v) is 2.95. The molecule has 3 rings (SSSR count). The van der Waals surface area contributed by atoms with E-state index >= 15 is 0 Å². The van der Waals surface area contributed by atoms with Crippen molar-refractivity contribution in [3.05, 3.63) is 42.0 Å². The average molecular weight is 310 g/mol. The highest BCUT2D eigenvalue weighted by Gasteiger charge is 2.12. The zero-order valence-corrected chi connectivity index (χ0v) is 14.0. The Kier molecular flexibility index (Phi) is 5.23. The summed E-state index contributed by atoms with van der Waals surface area (Å²) in [5.74, 6) is 2.16. The third-order valence-corrected chi connectivity index (χ3v) is 4.57. The molecule has 0 saturated carbocycles. The fourth-order valence-electron chi connectivity index (χ4n) is 2.95. The van der Waals surface area contributed by atoms with Gasteiger partial charge in [-0.05, 0) is 55.5 Å². The van der Waals surface area contributed by atoms with Gasteiger partial charge in [-0.3, -0.25) is 0 Å². The van der Waals surface area contributed by atoms with Gasteiger partial charge in [-0.2, -0.15) is 0 Å². The molecule has 0 aliphatic carbocycles. The monoisotopic (exact) mass is 310 g/mol. The Morgan fingerprint density at radius 3 is 2.39 bits per heavy atom. The summed E-state index contributed by atoms with van der Waals surface area (Å²) in [6.07, 6.45) is 2.47. The zero-order valence-electron chi connectivity index (χ0n) is 14.0. The number of anilines is 1. The van der Waals surface area contributed by atoms with Crippen molar-refractivity contribution in [3.8, 4) is 11.3 Å². The molecule has 2 heterocycles. The molecule has 0 radical (unpaired) electrons. The number of hydrogen-bond acceptors (Lipinski definition) is 4. The molecular weight excluding hydrogens is 284 g/mol. The van der Waals surface area contributed by atoms with Crippen LogP contribution in [0.5, 0.6) is 0 Å². The van der Waals surface area contributed by atoms with Gasteiger partial charge in [-0.1, -0.05) is 38.1 Å². The smallest absolute Gasteiger partial charge is 0.148 e. The summed E-state index contributed by atoms with van der Waals surface area (Å²) in [7, 11) is 0. The van der Waals surface area contributed by atoms with Crippen LogP contribution >= 0.6 is 0 Å². The van der Waals surface area contributed by atoms with Gasteiger partial charge in [-0.15, -0.1) is 10.2 Å². The first-order valence-corrected chi connectivity index (χ1v) is 8.61. The molecule has 1 fully saturated rings. The van der Waals surface area contributed by atoms with E-state index in [-0.39, 0.29) is 0 Å². The van der Waals surface area contributed by atoms with Gasteiger partial charge in [0.2, 0.25) is 0 Å². The van der Waals surface area contributed by atoms with E-state index in [1.807, 2.05) is 12.1 Å². The Morgan fingerprint density at radius 1 is 1.04 bits per heavy atom. The predicted molar refractivity (Wildman–Crippen MR) is 95.6 cm³/mol. The van der Waals surface area contributed by atoms with E-state index in [0.717, 1.165) is 42.6 Å². The number of nitrogens with zero attached hydrogens (tertiary/aromatic N) is 2. The Bertz CT molecular complexity index is 598. The minimum absolute atomic E-state index is 0.552. The Hall–Kier alpha value is -1.94. The lowest BCUT2D eigenvalue weighted by Crippen LogP contribution is -2.31. The van der Waals surface area contributed by atoms with Crippen molar-refractivity contribution in [2.75, 3.05) is 25.0 Å². The number of nitrogens with one attached hydrogen (secondary N) is 2. The minimum Gasteiger partial charge on any atom is -0.368 e. The number of aromatic nitrogens is 2. The van der Waals surface area contributed by atoms with Gasteiger partial charge in [-0.25, -0.2) is 0 Å². The summed E-state index contributed by atoms with van der Waals surface area (Å²) >= 11 is 0. The molecule has 0 unspecified atom stereocenters. The van der Waals surface area contributed by atoms with E-state index in [1.165, 1.54) is 18.4 Å². The lowest BCUT2D eigenvalue weighted by Gasteiger charge is -2.22. The van der Waals surface area contributed by atoms with Crippen molar-refractivity contribution in [1.82, 2.24) is 15.5 Å². The first-order valence-electron chi connectivity index (χ1n) is 8.61. The summed E-state index contributed by atoms with van der Waals surface area (Å²) in [6, 6.07) is 12.7. The maximum absolute atomic E-state index is 4.36. The Labute approximate surface area is 138 Å². The molecule has 1 aliphatic heterocycles. The molecule has 1 saturated heterocycles. The molecule has 1 aliphatic rings. The Balaban J connectivity index is 1.59. The maximum Gasteiger partial charge on any atom is 0.148 e. The summed E-state index contributed by atoms with van der Waals surface area (Å²) in [4.78, 5) is 0. The van der Waals surface area contributed by atoms with E-state index < -0.39 is 0 Å². The van der Waals surface area contributed by atoms with Crippen molar-refractivity contribution >= 4 is 5.82 Å². The standard InChI is InChI=1S/C19H26N4/c1-14(2)16-3-5-17(6-4-16)18-7-8-19(23-22-18)21-13-15-9-11-20-12-10-15/h3-8,14-15,20H,9-13H2,1-2H3,(H,21,23). The highest BCUT2D eigenvalue weighted by molar-refractivity contribution is 5.60. The quantitative estimate of drug-likeness (QED) is 0.884. The van der Waals surface area contributed by atoms with Gasteiger partial charge in [0.05, 0.1) is 5.69 Å². The van der Waals surface area contributed by atoms with Crippen LogP contribution in [0, 0.1) is 5.92 Å². The third kappa shape index (κ3) is 4.29. The first-order chi connectivity index (χ1) is 11.2. The topological polar surface area (TPSA) is 49.8 Å². The van der Waals surface area contributed by atoms with Crippen LogP contribution < -0.4 is 10.6 Å². The van der Waals surface area contributed by atoms with E-state index in [9.17, 15) is 0 Å². The van der Waals surface area contributed by atoms with Gasteiger partial charge in [0.15, 0.2) is 0 Å². The highest BCUT2D eigenvalue weighted by Crippen LogP contribution is 2.21. The van der Waals surface area contributed by atoms with Gasteiger partial charge in [0, 0.05) is 12.1 Å². The molecule has 1 aromatic heterocycles. The van der Waals surface area contributed by atoms with Crippen molar-refractivity contribution in [2.24, 2.45) is 5.92 Å². The molecule has 0 bridgehead atoms. The van der Waals surface area contributed by atoms with E-state index in [1.54, 1.807) is 0 Å². The van der Waals surface area contributed by atoms with E-state index in [2.05, 4.69) is 58.9 Å². The molecule has 0 atom stereocenters. The largest absolute Gasteiger partial charge is 0.368 e. The van der Waals surface area contributed by atoms with Crippen molar-refractivity contribution < 1.29 is 0 Å². The third-order valence-electron chi connectivity index (χ3n) is 4.57. The SMILES string of the molecule is CC(C)c1ccc(-c2ccc(NCC3CCNCC3)nn2)cc1. The lowest BCUT2D eigenvalue weighted by atomic mass is 9.98. The summed E-state index contributed by atoms with van der Waals surface area (Å²) < 4.78 is 0. The van der Waals surface area contributed by atoms with Gasteiger partial charge in [0.25, 0.3) is 0 Å². The Morgan fingerprint density at radius 2 is 1.78 bits per heavy atom. The van der Waals surface area contributed by atoms with Crippen LogP contribution in [0.25, 0.3) is 11.3 Å². The second-order valence-electron chi connectivity index (χ2n) is 6.65. The summed E-state index contributed by atoms with van der Waals surface area (Å²) in [5, 5.41) is 15.5. The molecule has 0 amide bonds. The van der Waals surface area contributed by atoms with Crippen LogP contribution in [-0.4, -0.2) is 29.8 Å². The van der Waals surface area contributed by atoms with Crippen molar-refractivity contribution in [2.45, 2.75) is 32.6 Å². The summed E-state index contributed by atoms with van der Waals surface area (Å²) in [6.45, 7) is 7.65. The number of hydrogen-bond donors (Lipinski definition) is 2. The molecule has 1 aromatic carbocycles. The minimum atomic E-state index is 0.552. The molecule has 4 nitrogen and oxygen atoms in total. The first kappa shape index (κ1) is 15.9. The predicted octanol–water partition coefficient (Wildman–Crippen LogP) is 3.68. The van der Waals surface area contributed by atoms with Gasteiger partial charge in [0.1, 0.15) is 5.82 Å². The van der Waals surface area contributed by atoms with Crippen molar-refractivity contribution in [1.29, 1.82) is 0 Å². The average Bonchev–Trinajstić information content (AvgIpc) is 2.61. The molecule has 0 spiro atoms. The van der Waals surface area contributed by atoms with Crippen LogP contribution in [0.4, 0.5) is 5.82 Å². The second kappa shape index (κ2) is 7.55. The fraction of sp³-hybridized carbons (Fsp3) is 0.474. The van der Waals surface area contributed by atoms with Crippen LogP contribution in [0.2, 0.25) is 0 Å². The molecule has 2 N–H and O–H groups in total. The molecular formula is C19H26N4. The van der Waals surface area contributed by atoms with Crippen LogP contribution in [0.15, 0.2) is 36.4 Å². The van der Waals surface area contributed by atoms with Gasteiger partial charge >= 0.3 is 0 Å². The number of rotatable bonds is 5. The second-order valence-corrected chi connectivity index (χ2v) is 6.65. The molecule has 122 valence electrons. The molecule has 2 aromatic rings. The number of benzene rings is 1. The van der Waals surface area contributed by atoms with Crippen molar-refractivity contribution in [3.63, 3.8) is 0 Å². The van der Waals surface area contributed by atoms with Crippen LogP contribution in [0.1, 0.15) is 38.2 Å². The zero-order chi connectivity index (χ0) is 16.1. The molecule has 4 heteroatoms. The van der Waals surface area contributed by atoms with Crippen LogP contribution in [0.3, 0.4) is 0 Å². The van der Waals surface area contributed by atoms with Crippen LogP contribution in [-0.2, 0) is 0 Å². The lowest BCUT2D eigenvalue weighted by molar-refractivity contribution is 0.389. The normalized spacial score (nSPS) is 15.8. The summed E-state index contributed by atoms with van der Waals surface area (Å²) in [5.41, 5.74) is 3.39. The maximum atomic E-state index is 4.36. The van der Waals surface area contributed by atoms with E-state index in [4.69, 9.17) is 0 Å². The van der Waals surface area contributed by atoms with E-state index in [0.29, 0.717) is 5.92 Å².